The molecule has 88 valence electrons. The van der Waals surface area contributed by atoms with Crippen LogP contribution in [0.1, 0.15) is 9.80 Å². The van der Waals surface area contributed by atoms with E-state index >= 15 is 0 Å². The number of amides is 3. The number of thiazole rings is 1. The van der Waals surface area contributed by atoms with E-state index in [-0.39, 0.29) is 5.01 Å². The van der Waals surface area contributed by atoms with Gasteiger partial charge in [-0.3, -0.25) is 15.5 Å². The zero-order valence-electron chi connectivity index (χ0n) is 8.98. The van der Waals surface area contributed by atoms with Crippen molar-refractivity contribution >= 4 is 33.5 Å². The lowest BCUT2D eigenvalue weighted by atomic mass is 10.3. The molecule has 17 heavy (non-hydrogen) atoms. The average Bonchev–Trinajstić information content (AvgIpc) is 2.72. The molecule has 0 aliphatic rings. The number of imide groups is 1. The number of hydrogen-bond donors (Lipinski definition) is 3. The summed E-state index contributed by atoms with van der Waals surface area (Å²) in [5.41, 5.74) is 5.40. The summed E-state index contributed by atoms with van der Waals surface area (Å²) in [5.74, 6) is -0.515. The molecule has 2 rings (SSSR count). The fourth-order valence-corrected chi connectivity index (χ4v) is 2.13. The molecule has 1 heterocycles. The van der Waals surface area contributed by atoms with Gasteiger partial charge in [0.15, 0.2) is 5.01 Å². The predicted octanol–water partition coefficient (Wildman–Crippen LogP) is 0.870. The number of fused-ring (bicyclic) bond motifs is 1. The summed E-state index contributed by atoms with van der Waals surface area (Å²) in [6.45, 7) is 0. The molecule has 0 bridgehead atoms. The van der Waals surface area contributed by atoms with Crippen LogP contribution in [-0.4, -0.2) is 24.0 Å². The molecule has 0 saturated carbocycles. The molecule has 0 saturated heterocycles. The lowest BCUT2D eigenvalue weighted by Crippen LogP contribution is -2.44. The fraction of sp³-hybridized carbons (Fsp3) is 0.100. The van der Waals surface area contributed by atoms with Crippen molar-refractivity contribution < 1.29 is 9.59 Å². The van der Waals surface area contributed by atoms with Crippen LogP contribution in [-0.2, 0) is 0 Å². The van der Waals surface area contributed by atoms with Crippen LogP contribution < -0.4 is 16.2 Å². The Labute approximate surface area is 101 Å². The average molecular weight is 250 g/mol. The van der Waals surface area contributed by atoms with Crippen molar-refractivity contribution in [2.75, 3.05) is 7.05 Å². The SMILES string of the molecule is CNNC(=O)NC(=O)c1nc2ccccc2s1. The number of para-hydroxylation sites is 1. The van der Waals surface area contributed by atoms with Crippen molar-refractivity contribution in [1.82, 2.24) is 21.2 Å². The standard InChI is InChI=1S/C10H10N4O2S/c1-11-14-10(16)13-8(15)9-12-6-4-2-3-5-7(6)17-9/h2-5,11H,1H3,(H2,13,14,15,16). The van der Waals surface area contributed by atoms with Crippen molar-refractivity contribution in [2.45, 2.75) is 0 Å². The number of carbonyl (C=O) groups is 2. The molecule has 0 aliphatic heterocycles. The van der Waals surface area contributed by atoms with Gasteiger partial charge >= 0.3 is 6.03 Å². The maximum absolute atomic E-state index is 11.6. The lowest BCUT2D eigenvalue weighted by Gasteiger charge is -2.02. The van der Waals surface area contributed by atoms with Crippen molar-refractivity contribution in [3.8, 4) is 0 Å². The predicted molar refractivity (Wildman–Crippen MR) is 64.7 cm³/mol. The molecule has 7 heteroatoms. The second-order valence-corrected chi connectivity index (χ2v) is 4.18. The minimum atomic E-state index is -0.614. The van der Waals surface area contributed by atoms with Crippen LogP contribution in [0.5, 0.6) is 0 Å². The first-order chi connectivity index (χ1) is 8.20. The van der Waals surface area contributed by atoms with Gasteiger partial charge < -0.3 is 0 Å². The number of rotatable bonds is 2. The van der Waals surface area contributed by atoms with Gasteiger partial charge in [0, 0.05) is 7.05 Å². The Morgan fingerprint density at radius 3 is 2.76 bits per heavy atom. The van der Waals surface area contributed by atoms with Crippen LogP contribution in [0.2, 0.25) is 0 Å². The number of nitrogens with zero attached hydrogens (tertiary/aromatic N) is 1. The number of carbonyl (C=O) groups excluding carboxylic acids is 2. The van der Waals surface area contributed by atoms with Gasteiger partial charge in [-0.2, -0.15) is 0 Å². The molecule has 0 atom stereocenters. The number of nitrogens with one attached hydrogen (secondary N) is 3. The Kier molecular flexibility index (Phi) is 3.31. The summed E-state index contributed by atoms with van der Waals surface area (Å²) in [6.07, 6.45) is 0. The maximum atomic E-state index is 11.6. The van der Waals surface area contributed by atoms with Gasteiger partial charge in [0.1, 0.15) is 0 Å². The van der Waals surface area contributed by atoms with E-state index in [0.717, 1.165) is 10.2 Å². The Morgan fingerprint density at radius 2 is 2.06 bits per heavy atom. The van der Waals surface area contributed by atoms with Crippen LogP contribution >= 0.6 is 11.3 Å². The number of urea groups is 1. The molecule has 0 fully saturated rings. The number of hydrazine groups is 1. The normalized spacial score (nSPS) is 10.2. The van der Waals surface area contributed by atoms with Gasteiger partial charge in [-0.05, 0) is 12.1 Å². The van der Waals surface area contributed by atoms with Gasteiger partial charge in [0.05, 0.1) is 10.2 Å². The first-order valence-electron chi connectivity index (χ1n) is 4.84. The van der Waals surface area contributed by atoms with E-state index in [0.29, 0.717) is 0 Å². The zero-order valence-corrected chi connectivity index (χ0v) is 9.80. The maximum Gasteiger partial charge on any atom is 0.336 e. The Bertz CT molecular complexity index is 533. The number of hydrogen-bond acceptors (Lipinski definition) is 5. The van der Waals surface area contributed by atoms with E-state index in [4.69, 9.17) is 0 Å². The molecular formula is C10H10N4O2S. The van der Waals surface area contributed by atoms with Crippen LogP contribution in [0.3, 0.4) is 0 Å². The topological polar surface area (TPSA) is 83.1 Å². The first kappa shape index (κ1) is 11.5. The highest BCUT2D eigenvalue weighted by atomic mass is 32.1. The first-order valence-corrected chi connectivity index (χ1v) is 5.66. The number of aromatic nitrogens is 1. The number of benzene rings is 1. The minimum Gasteiger partial charge on any atom is -0.273 e. The van der Waals surface area contributed by atoms with E-state index in [1.54, 1.807) is 0 Å². The molecule has 0 spiro atoms. The zero-order chi connectivity index (χ0) is 12.3. The van der Waals surface area contributed by atoms with Crippen molar-refractivity contribution in [1.29, 1.82) is 0 Å². The molecule has 0 radical (unpaired) electrons. The van der Waals surface area contributed by atoms with Crippen molar-refractivity contribution in [2.24, 2.45) is 0 Å². The fourth-order valence-electron chi connectivity index (χ4n) is 1.27. The summed E-state index contributed by atoms with van der Waals surface area (Å²) in [4.78, 5) is 26.9. The molecule has 3 amide bonds. The molecule has 6 nitrogen and oxygen atoms in total. The second kappa shape index (κ2) is 4.89. The van der Waals surface area contributed by atoms with E-state index in [1.165, 1.54) is 18.4 Å². The Hall–Kier alpha value is -1.99. The van der Waals surface area contributed by atoms with Gasteiger partial charge in [0.2, 0.25) is 0 Å². The molecule has 0 aliphatic carbocycles. The summed E-state index contributed by atoms with van der Waals surface area (Å²) in [5, 5.41) is 2.42. The highest BCUT2D eigenvalue weighted by Crippen LogP contribution is 2.21. The van der Waals surface area contributed by atoms with Crippen LogP contribution in [0.4, 0.5) is 4.79 Å². The minimum absolute atomic E-state index is 0.262. The van der Waals surface area contributed by atoms with Crippen molar-refractivity contribution in [3.63, 3.8) is 0 Å². The third kappa shape index (κ3) is 2.58. The smallest absolute Gasteiger partial charge is 0.273 e. The van der Waals surface area contributed by atoms with Gasteiger partial charge in [-0.1, -0.05) is 12.1 Å². The van der Waals surface area contributed by atoms with Crippen LogP contribution in [0.25, 0.3) is 10.2 Å². The van der Waals surface area contributed by atoms with E-state index in [2.05, 4.69) is 21.2 Å². The van der Waals surface area contributed by atoms with E-state index in [1.807, 2.05) is 24.3 Å². The highest BCUT2D eigenvalue weighted by Gasteiger charge is 2.14. The van der Waals surface area contributed by atoms with Gasteiger partial charge in [0.25, 0.3) is 5.91 Å². The molecular weight excluding hydrogens is 240 g/mol. The summed E-state index contributed by atoms with van der Waals surface area (Å²) in [7, 11) is 1.53. The van der Waals surface area contributed by atoms with E-state index < -0.39 is 11.9 Å². The molecule has 2 aromatic rings. The third-order valence-corrected chi connectivity index (χ3v) is 2.99. The quantitative estimate of drug-likeness (QED) is 0.691. The summed E-state index contributed by atoms with van der Waals surface area (Å²) >= 11 is 1.24. The molecule has 1 aromatic heterocycles. The monoisotopic (exact) mass is 250 g/mol. The van der Waals surface area contributed by atoms with Gasteiger partial charge in [-0.25, -0.2) is 15.2 Å². The molecule has 0 unspecified atom stereocenters. The Balaban J connectivity index is 2.16. The molecule has 3 N–H and O–H groups in total. The molecule has 1 aromatic carbocycles. The van der Waals surface area contributed by atoms with Gasteiger partial charge in [-0.15, -0.1) is 11.3 Å². The Morgan fingerprint density at radius 1 is 1.29 bits per heavy atom. The summed E-state index contributed by atoms with van der Waals surface area (Å²) in [6, 6.07) is 6.79. The summed E-state index contributed by atoms with van der Waals surface area (Å²) < 4.78 is 0.909. The van der Waals surface area contributed by atoms with Crippen LogP contribution in [0.15, 0.2) is 24.3 Å². The highest BCUT2D eigenvalue weighted by molar-refractivity contribution is 7.20. The largest absolute Gasteiger partial charge is 0.336 e. The van der Waals surface area contributed by atoms with Crippen LogP contribution in [0, 0.1) is 0 Å². The lowest BCUT2D eigenvalue weighted by molar-refractivity contribution is 0.0963. The third-order valence-electron chi connectivity index (χ3n) is 1.95. The van der Waals surface area contributed by atoms with E-state index in [9.17, 15) is 9.59 Å². The second-order valence-electron chi connectivity index (χ2n) is 3.14. The van der Waals surface area contributed by atoms with Crippen molar-refractivity contribution in [3.05, 3.63) is 29.3 Å².